The fourth-order valence-corrected chi connectivity index (χ4v) is 3.39. The van der Waals surface area contributed by atoms with Crippen LogP contribution >= 0.6 is 0 Å². The van der Waals surface area contributed by atoms with Crippen molar-refractivity contribution < 1.29 is 19.4 Å². The van der Waals surface area contributed by atoms with Crippen LogP contribution in [0.1, 0.15) is 30.9 Å². The number of aryl methyl sites for hydroxylation is 1. The van der Waals surface area contributed by atoms with Gasteiger partial charge in [0, 0.05) is 19.4 Å². The van der Waals surface area contributed by atoms with Gasteiger partial charge < -0.3 is 14.6 Å². The first-order valence-electron chi connectivity index (χ1n) is 7.12. The highest BCUT2D eigenvalue weighted by molar-refractivity contribution is 5.76. The summed E-state index contributed by atoms with van der Waals surface area (Å²) in [6, 6.07) is 6.12. The van der Waals surface area contributed by atoms with Gasteiger partial charge in [-0.3, -0.25) is 4.79 Å². The molecule has 2 aliphatic heterocycles. The minimum Gasteiger partial charge on any atom is -0.490 e. The van der Waals surface area contributed by atoms with Gasteiger partial charge in [0.05, 0.1) is 11.5 Å². The van der Waals surface area contributed by atoms with Crippen LogP contribution in [0.5, 0.6) is 5.75 Å². The largest absolute Gasteiger partial charge is 0.490 e. The maximum atomic E-state index is 11.7. The van der Waals surface area contributed by atoms with Gasteiger partial charge in [-0.05, 0) is 31.9 Å². The molecule has 0 aliphatic carbocycles. The zero-order valence-electron chi connectivity index (χ0n) is 11.9. The topological polar surface area (TPSA) is 55.8 Å². The summed E-state index contributed by atoms with van der Waals surface area (Å²) in [5.74, 6) is 0.131. The Morgan fingerprint density at radius 2 is 2.30 bits per heavy atom. The number of fused-ring (bicyclic) bond motifs is 1. The number of hydrogen-bond donors (Lipinski definition) is 1. The smallest absolute Gasteiger partial charge is 0.312 e. The molecule has 1 aromatic rings. The number of carbonyl (C=O) groups is 1. The average Bonchev–Trinajstić information content (AvgIpc) is 2.94. The molecule has 4 nitrogen and oxygen atoms in total. The third-order valence-electron chi connectivity index (χ3n) is 4.67. The van der Waals surface area contributed by atoms with Crippen molar-refractivity contribution in [3.8, 4) is 5.75 Å². The molecular weight excluding hydrogens is 256 g/mol. The van der Waals surface area contributed by atoms with Crippen LogP contribution in [0.2, 0.25) is 0 Å². The number of aliphatic carboxylic acids is 1. The maximum absolute atomic E-state index is 11.7. The molecule has 0 aromatic heterocycles. The van der Waals surface area contributed by atoms with Gasteiger partial charge in [-0.25, -0.2) is 0 Å². The van der Waals surface area contributed by atoms with Crippen LogP contribution in [0, 0.1) is 12.3 Å². The van der Waals surface area contributed by atoms with Gasteiger partial charge in [0.2, 0.25) is 0 Å². The van der Waals surface area contributed by atoms with Crippen LogP contribution in [-0.4, -0.2) is 29.9 Å². The second-order valence-corrected chi connectivity index (χ2v) is 5.98. The molecule has 1 N–H and O–H groups in total. The molecule has 2 aliphatic rings. The molecule has 1 aromatic carbocycles. The van der Waals surface area contributed by atoms with Gasteiger partial charge in [-0.15, -0.1) is 0 Å². The lowest BCUT2D eigenvalue weighted by molar-refractivity contribution is -0.153. The van der Waals surface area contributed by atoms with Crippen LogP contribution in [0.15, 0.2) is 18.2 Å². The lowest BCUT2D eigenvalue weighted by Gasteiger charge is -2.29. The second kappa shape index (κ2) is 4.77. The average molecular weight is 276 g/mol. The van der Waals surface area contributed by atoms with Crippen molar-refractivity contribution in [2.45, 2.75) is 45.3 Å². The van der Waals surface area contributed by atoms with E-state index < -0.39 is 11.4 Å². The summed E-state index contributed by atoms with van der Waals surface area (Å²) in [5.41, 5.74) is 1.59. The Hall–Kier alpha value is -1.55. The Balaban J connectivity index is 1.78. The monoisotopic (exact) mass is 276 g/mol. The predicted octanol–water partition coefficient (Wildman–Crippen LogP) is 2.57. The third kappa shape index (κ3) is 2.08. The lowest BCUT2D eigenvalue weighted by Crippen LogP contribution is -2.41. The van der Waals surface area contributed by atoms with Crippen molar-refractivity contribution >= 4 is 5.97 Å². The molecule has 2 heterocycles. The molecule has 3 rings (SSSR count). The highest BCUT2D eigenvalue weighted by Gasteiger charge is 2.50. The lowest BCUT2D eigenvalue weighted by atomic mass is 9.76. The number of carboxylic acids is 1. The molecule has 3 unspecified atom stereocenters. The van der Waals surface area contributed by atoms with E-state index in [9.17, 15) is 9.90 Å². The van der Waals surface area contributed by atoms with E-state index in [1.807, 2.05) is 19.1 Å². The zero-order valence-corrected chi connectivity index (χ0v) is 11.9. The Kier molecular flexibility index (Phi) is 3.21. The predicted molar refractivity (Wildman–Crippen MR) is 74.0 cm³/mol. The van der Waals surface area contributed by atoms with Crippen molar-refractivity contribution in [1.82, 2.24) is 0 Å². The van der Waals surface area contributed by atoms with Crippen LogP contribution in [0.25, 0.3) is 0 Å². The molecule has 0 saturated carbocycles. The summed E-state index contributed by atoms with van der Waals surface area (Å²) in [6.07, 6.45) is 1.55. The zero-order chi connectivity index (χ0) is 14.3. The van der Waals surface area contributed by atoms with Gasteiger partial charge in [0.15, 0.2) is 0 Å². The van der Waals surface area contributed by atoms with Gasteiger partial charge in [-0.1, -0.05) is 17.7 Å². The third-order valence-corrected chi connectivity index (χ3v) is 4.67. The number of benzene rings is 1. The van der Waals surface area contributed by atoms with Gasteiger partial charge >= 0.3 is 5.97 Å². The second-order valence-electron chi connectivity index (χ2n) is 5.98. The summed E-state index contributed by atoms with van der Waals surface area (Å²) in [4.78, 5) is 11.7. The van der Waals surface area contributed by atoms with Crippen LogP contribution < -0.4 is 4.74 Å². The van der Waals surface area contributed by atoms with Crippen molar-refractivity contribution in [3.05, 3.63) is 29.3 Å². The molecule has 0 radical (unpaired) electrons. The Bertz CT molecular complexity index is 539. The van der Waals surface area contributed by atoms with Crippen LogP contribution in [-0.2, 0) is 16.0 Å². The Labute approximate surface area is 118 Å². The number of ether oxygens (including phenoxy) is 2. The minimum atomic E-state index is -0.804. The van der Waals surface area contributed by atoms with Gasteiger partial charge in [0.1, 0.15) is 11.9 Å². The summed E-state index contributed by atoms with van der Waals surface area (Å²) in [6.45, 7) is 4.43. The first kappa shape index (κ1) is 13.4. The van der Waals surface area contributed by atoms with E-state index in [0.29, 0.717) is 19.4 Å². The fourth-order valence-electron chi connectivity index (χ4n) is 3.39. The molecule has 20 heavy (non-hydrogen) atoms. The molecule has 3 atom stereocenters. The molecule has 0 amide bonds. The summed E-state index contributed by atoms with van der Waals surface area (Å²) in [7, 11) is 0. The van der Waals surface area contributed by atoms with E-state index in [1.54, 1.807) is 0 Å². The van der Waals surface area contributed by atoms with Gasteiger partial charge in [-0.2, -0.15) is 0 Å². The maximum Gasteiger partial charge on any atom is 0.312 e. The number of rotatable bonds is 3. The molecule has 1 fully saturated rings. The van der Waals surface area contributed by atoms with E-state index in [0.717, 1.165) is 12.2 Å². The SMILES string of the molecule is Cc1ccc2c(c1)CC(CC1(C(=O)O)CCOC1C)O2. The Morgan fingerprint density at radius 3 is 2.95 bits per heavy atom. The normalized spacial score (nSPS) is 31.9. The summed E-state index contributed by atoms with van der Waals surface area (Å²) < 4.78 is 11.4. The Morgan fingerprint density at radius 1 is 1.50 bits per heavy atom. The van der Waals surface area contributed by atoms with Crippen molar-refractivity contribution in [2.75, 3.05) is 6.61 Å². The van der Waals surface area contributed by atoms with Gasteiger partial charge in [0.25, 0.3) is 0 Å². The van der Waals surface area contributed by atoms with E-state index >= 15 is 0 Å². The molecular formula is C16H20O4. The number of hydrogen-bond acceptors (Lipinski definition) is 3. The first-order valence-corrected chi connectivity index (χ1v) is 7.12. The highest BCUT2D eigenvalue weighted by Crippen LogP contribution is 2.43. The van der Waals surface area contributed by atoms with E-state index in [1.165, 1.54) is 11.1 Å². The van der Waals surface area contributed by atoms with Crippen molar-refractivity contribution in [1.29, 1.82) is 0 Å². The van der Waals surface area contributed by atoms with Crippen LogP contribution in [0.4, 0.5) is 0 Å². The van der Waals surface area contributed by atoms with E-state index in [2.05, 4.69) is 13.0 Å². The molecule has 0 spiro atoms. The number of carboxylic acid groups (broad SMARTS) is 1. The highest BCUT2D eigenvalue weighted by atomic mass is 16.5. The minimum absolute atomic E-state index is 0.0629. The summed E-state index contributed by atoms with van der Waals surface area (Å²) in [5, 5.41) is 9.62. The molecule has 0 bridgehead atoms. The van der Waals surface area contributed by atoms with E-state index in [-0.39, 0.29) is 12.2 Å². The van der Waals surface area contributed by atoms with E-state index in [4.69, 9.17) is 9.47 Å². The van der Waals surface area contributed by atoms with Crippen molar-refractivity contribution in [2.24, 2.45) is 5.41 Å². The quantitative estimate of drug-likeness (QED) is 0.922. The fraction of sp³-hybridized carbons (Fsp3) is 0.562. The summed E-state index contributed by atoms with van der Waals surface area (Å²) >= 11 is 0. The molecule has 108 valence electrons. The molecule has 1 saturated heterocycles. The standard InChI is InChI=1S/C16H20O4/c1-10-3-4-14-12(7-10)8-13(20-14)9-16(15(17)18)5-6-19-11(16)2/h3-4,7,11,13H,5-6,8-9H2,1-2H3,(H,17,18). The van der Waals surface area contributed by atoms with Crippen LogP contribution in [0.3, 0.4) is 0 Å². The van der Waals surface area contributed by atoms with Crippen molar-refractivity contribution in [3.63, 3.8) is 0 Å². The molecule has 4 heteroatoms. The first-order chi connectivity index (χ1) is 9.51.